The summed E-state index contributed by atoms with van der Waals surface area (Å²) in [5.74, 6) is 0. The van der Waals surface area contributed by atoms with Crippen LogP contribution in [0.2, 0.25) is 0 Å². The summed E-state index contributed by atoms with van der Waals surface area (Å²) in [5, 5.41) is 0. The van der Waals surface area contributed by atoms with E-state index in [0.29, 0.717) is 0 Å². The van der Waals surface area contributed by atoms with Crippen LogP contribution in [0.5, 0.6) is 0 Å². The van der Waals surface area contributed by atoms with Crippen molar-refractivity contribution < 1.29 is 17.0 Å². The van der Waals surface area contributed by atoms with Crippen LogP contribution in [0.25, 0.3) is 5.70 Å². The van der Waals surface area contributed by atoms with Gasteiger partial charge >= 0.3 is 80.9 Å². The van der Waals surface area contributed by atoms with Crippen LogP contribution >= 0.6 is 0 Å². The summed E-state index contributed by atoms with van der Waals surface area (Å²) in [7, 11) is 2.04. The van der Waals surface area contributed by atoms with Gasteiger partial charge in [-0.05, 0) is 0 Å². The van der Waals surface area contributed by atoms with Gasteiger partial charge < -0.3 is 0 Å². The van der Waals surface area contributed by atoms with Gasteiger partial charge in [-0.15, -0.1) is 0 Å². The van der Waals surface area contributed by atoms with Crippen molar-refractivity contribution in [2.24, 2.45) is 0 Å². The van der Waals surface area contributed by atoms with E-state index in [1.165, 1.54) is 15.5 Å². The fraction of sp³-hybridized carbons (Fsp3) is 0.100. The van der Waals surface area contributed by atoms with Crippen LogP contribution in [0, 0.1) is 0 Å². The molecule has 0 amide bonds. The molecule has 0 bridgehead atoms. The van der Waals surface area contributed by atoms with Crippen LogP contribution in [0.4, 0.5) is 0 Å². The Morgan fingerprint density at radius 3 is 2.42 bits per heavy atom. The van der Waals surface area contributed by atoms with Crippen molar-refractivity contribution in [2.45, 2.75) is 0 Å². The molecule has 0 saturated heterocycles. The summed E-state index contributed by atoms with van der Waals surface area (Å²) < 4.78 is 1.23. The number of hydrogen-bond donors (Lipinski definition) is 0. The summed E-state index contributed by atoms with van der Waals surface area (Å²) in [6, 6.07) is 8.33. The number of benzene rings is 1. The second kappa shape index (κ2) is 2.61. The molecule has 0 fully saturated rings. The maximum absolute atomic E-state index is 4.02. The molecule has 1 aromatic rings. The molecule has 0 radical (unpaired) electrons. The molecule has 0 aliphatic carbocycles. The Morgan fingerprint density at radius 1 is 1.25 bits per heavy atom. The first kappa shape index (κ1) is 7.84. The van der Waals surface area contributed by atoms with Crippen molar-refractivity contribution in [3.8, 4) is 0 Å². The first-order chi connectivity index (χ1) is 5.72. The Kier molecular flexibility index (Phi) is 1.71. The zero-order valence-corrected chi connectivity index (χ0v) is 8.31. The van der Waals surface area contributed by atoms with Gasteiger partial charge in [-0.2, -0.15) is 0 Å². The van der Waals surface area contributed by atoms with Crippen LogP contribution in [-0.4, -0.2) is 16.3 Å². The van der Waals surface area contributed by atoms with Crippen LogP contribution in [-0.2, 0) is 17.0 Å². The Labute approximate surface area is 81.2 Å². The first-order valence-corrected chi connectivity index (χ1v) is 4.50. The van der Waals surface area contributed by atoms with Crippen molar-refractivity contribution in [3.05, 3.63) is 42.0 Å². The molecule has 0 spiro atoms. The van der Waals surface area contributed by atoms with Crippen molar-refractivity contribution in [1.82, 2.24) is 4.90 Å². The van der Waals surface area contributed by atoms with Gasteiger partial charge in [0, 0.05) is 0 Å². The average Bonchev–Trinajstić information content (AvgIpc) is 2.33. The van der Waals surface area contributed by atoms with E-state index in [4.69, 9.17) is 0 Å². The SMILES string of the molecule is C=C1c2ccccc2[C](=[V])N1C. The molecular weight excluding hydrogens is 185 g/mol. The predicted octanol–water partition coefficient (Wildman–Crippen LogP) is 1.63. The fourth-order valence-corrected chi connectivity index (χ4v) is 1.91. The average molecular weight is 194 g/mol. The number of nitrogens with zero attached hydrogens (tertiary/aromatic N) is 1. The van der Waals surface area contributed by atoms with Crippen LogP contribution < -0.4 is 0 Å². The number of hydrogen-bond acceptors (Lipinski definition) is 1. The molecule has 0 aromatic heterocycles. The van der Waals surface area contributed by atoms with E-state index < -0.39 is 0 Å². The molecule has 59 valence electrons. The monoisotopic (exact) mass is 194 g/mol. The van der Waals surface area contributed by atoms with E-state index >= 15 is 0 Å². The zero-order chi connectivity index (χ0) is 8.72. The Bertz CT molecular complexity index is 333. The van der Waals surface area contributed by atoms with E-state index in [-0.39, 0.29) is 0 Å². The Morgan fingerprint density at radius 2 is 1.83 bits per heavy atom. The van der Waals surface area contributed by atoms with Gasteiger partial charge in [-0.3, -0.25) is 0 Å². The van der Waals surface area contributed by atoms with E-state index in [2.05, 4.69) is 46.7 Å². The summed E-state index contributed by atoms with van der Waals surface area (Å²) in [6.45, 7) is 4.02. The summed E-state index contributed by atoms with van der Waals surface area (Å²) in [6.07, 6.45) is 0. The summed E-state index contributed by atoms with van der Waals surface area (Å²) in [5.41, 5.74) is 3.61. The van der Waals surface area contributed by atoms with Gasteiger partial charge in [0.2, 0.25) is 0 Å². The van der Waals surface area contributed by atoms with E-state index in [1.807, 2.05) is 13.1 Å². The standard InChI is InChI=1S/C10H9N.V/c1-8-10-6-4-3-5-9(10)7-11(8)2;/h3-6H,1H2,2H3;. The predicted molar refractivity (Wildman–Crippen MR) is 47.3 cm³/mol. The molecule has 0 unspecified atom stereocenters. The fourth-order valence-electron chi connectivity index (χ4n) is 1.42. The third-order valence-corrected chi connectivity index (χ3v) is 3.05. The van der Waals surface area contributed by atoms with Crippen molar-refractivity contribution in [3.63, 3.8) is 0 Å². The molecule has 1 aliphatic rings. The first-order valence-electron chi connectivity index (χ1n) is 3.80. The normalized spacial score (nSPS) is 15.2. The maximum atomic E-state index is 4.02. The van der Waals surface area contributed by atoms with Gasteiger partial charge in [0.25, 0.3) is 0 Å². The minimum atomic E-state index is 1.08. The van der Waals surface area contributed by atoms with Crippen LogP contribution in [0.15, 0.2) is 30.8 Å². The molecule has 1 heterocycles. The molecule has 0 saturated carbocycles. The molecule has 2 heteroatoms. The molecule has 0 N–H and O–H groups in total. The van der Waals surface area contributed by atoms with Crippen LogP contribution in [0.3, 0.4) is 0 Å². The van der Waals surface area contributed by atoms with E-state index in [1.54, 1.807) is 0 Å². The van der Waals surface area contributed by atoms with Crippen molar-refractivity contribution in [2.75, 3.05) is 7.05 Å². The molecule has 1 aliphatic heterocycles. The van der Waals surface area contributed by atoms with Gasteiger partial charge in [-0.25, -0.2) is 0 Å². The molecule has 12 heavy (non-hydrogen) atoms. The third-order valence-electron chi connectivity index (χ3n) is 2.20. The van der Waals surface area contributed by atoms with Gasteiger partial charge in [0.05, 0.1) is 0 Å². The molecule has 0 atom stereocenters. The molecule has 1 nitrogen and oxygen atoms in total. The van der Waals surface area contributed by atoms with Crippen molar-refractivity contribution in [1.29, 1.82) is 0 Å². The third kappa shape index (κ3) is 0.905. The number of fused-ring (bicyclic) bond motifs is 1. The van der Waals surface area contributed by atoms with E-state index in [0.717, 1.165) is 5.70 Å². The van der Waals surface area contributed by atoms with Gasteiger partial charge in [0.1, 0.15) is 0 Å². The quantitative estimate of drug-likeness (QED) is 0.606. The van der Waals surface area contributed by atoms with E-state index in [9.17, 15) is 0 Å². The number of rotatable bonds is 0. The minimum absolute atomic E-state index is 1.08. The van der Waals surface area contributed by atoms with Gasteiger partial charge in [-0.1, -0.05) is 0 Å². The Hall–Kier alpha value is -0.786. The molecule has 1 aromatic carbocycles. The van der Waals surface area contributed by atoms with Crippen LogP contribution in [0.1, 0.15) is 11.1 Å². The summed E-state index contributed by atoms with van der Waals surface area (Å²) >= 11 is 2.59. The Balaban J connectivity index is 2.67. The molecular formula is C10H9NV. The van der Waals surface area contributed by atoms with Crippen molar-refractivity contribution >= 4 is 10.0 Å². The topological polar surface area (TPSA) is 3.24 Å². The summed E-state index contributed by atoms with van der Waals surface area (Å²) in [4.78, 5) is 2.10. The molecule has 2 rings (SSSR count). The zero-order valence-electron chi connectivity index (χ0n) is 6.91. The van der Waals surface area contributed by atoms with Gasteiger partial charge in [0.15, 0.2) is 0 Å². The second-order valence-electron chi connectivity index (χ2n) is 2.87. The second-order valence-corrected chi connectivity index (χ2v) is 3.54.